The first-order chi connectivity index (χ1) is 10.2. The van der Waals surface area contributed by atoms with Gasteiger partial charge in [0.25, 0.3) is 0 Å². The zero-order valence-corrected chi connectivity index (χ0v) is 14.0. The van der Waals surface area contributed by atoms with Crippen LogP contribution in [0.25, 0.3) is 0 Å². The summed E-state index contributed by atoms with van der Waals surface area (Å²) in [5, 5.41) is 8.19. The topological polar surface area (TPSA) is 72.9 Å². The maximum Gasteiger partial charge on any atom is 0.250 e. The van der Waals surface area contributed by atoms with Gasteiger partial charge in [-0.2, -0.15) is 5.10 Å². The number of aromatic nitrogens is 2. The van der Waals surface area contributed by atoms with E-state index in [9.17, 15) is 4.79 Å². The molecule has 118 valence electrons. The lowest BCUT2D eigenvalue weighted by molar-refractivity contribution is 0.100. The van der Waals surface area contributed by atoms with Gasteiger partial charge in [-0.05, 0) is 18.2 Å². The van der Waals surface area contributed by atoms with Gasteiger partial charge in [-0.25, -0.2) is 0 Å². The van der Waals surface area contributed by atoms with Gasteiger partial charge >= 0.3 is 0 Å². The molecule has 1 aromatic heterocycles. The maximum absolute atomic E-state index is 11.2. The van der Waals surface area contributed by atoms with Gasteiger partial charge in [-0.1, -0.05) is 32.4 Å². The van der Waals surface area contributed by atoms with Gasteiger partial charge in [0.15, 0.2) is 0 Å². The van der Waals surface area contributed by atoms with Gasteiger partial charge in [0, 0.05) is 36.5 Å². The molecule has 0 aliphatic carbocycles. The zero-order valence-electron chi connectivity index (χ0n) is 13.3. The van der Waals surface area contributed by atoms with E-state index in [0.717, 1.165) is 16.9 Å². The molecule has 2 aromatic rings. The summed E-state index contributed by atoms with van der Waals surface area (Å²) in [6.45, 7) is 7.04. The van der Waals surface area contributed by atoms with Crippen LogP contribution in [0.3, 0.4) is 0 Å². The van der Waals surface area contributed by atoms with Crippen molar-refractivity contribution in [1.29, 1.82) is 0 Å². The number of nitrogens with two attached hydrogens (primary N) is 1. The molecule has 0 aliphatic heterocycles. The maximum atomic E-state index is 11.2. The van der Waals surface area contributed by atoms with Crippen LogP contribution in [-0.2, 0) is 19.0 Å². The highest BCUT2D eigenvalue weighted by atomic mass is 35.5. The molecule has 5 nitrogen and oxygen atoms in total. The number of nitrogens with zero attached hydrogens (tertiary/aromatic N) is 2. The molecule has 0 atom stereocenters. The van der Waals surface area contributed by atoms with Crippen molar-refractivity contribution in [2.45, 2.75) is 32.7 Å². The van der Waals surface area contributed by atoms with Crippen LogP contribution >= 0.6 is 11.6 Å². The summed E-state index contributed by atoms with van der Waals surface area (Å²) >= 11 is 6.06. The van der Waals surface area contributed by atoms with Crippen molar-refractivity contribution in [1.82, 2.24) is 9.78 Å². The average molecular weight is 321 g/mol. The fourth-order valence-corrected chi connectivity index (χ4v) is 2.59. The second kappa shape index (κ2) is 6.01. The van der Waals surface area contributed by atoms with Crippen molar-refractivity contribution in [2.24, 2.45) is 12.8 Å². The number of halogens is 1. The Hall–Kier alpha value is -2.01. The van der Waals surface area contributed by atoms with E-state index >= 15 is 0 Å². The number of anilines is 1. The highest BCUT2D eigenvalue weighted by Crippen LogP contribution is 2.26. The van der Waals surface area contributed by atoms with Crippen molar-refractivity contribution in [2.75, 3.05) is 5.32 Å². The lowest BCUT2D eigenvalue weighted by atomic mass is 9.89. The molecule has 2 rings (SSSR count). The molecule has 0 saturated heterocycles. The number of carbonyl (C=O) groups is 1. The number of aryl methyl sites for hydroxylation is 1. The number of primary amides is 1. The predicted octanol–water partition coefficient (Wildman–Crippen LogP) is 3.08. The largest absolute Gasteiger partial charge is 0.381 e. The van der Waals surface area contributed by atoms with Crippen LogP contribution in [0.4, 0.5) is 5.69 Å². The SMILES string of the molecule is Cn1cc(CNc2ccc(C(N)=O)c(Cl)c2)c(C(C)(C)C)n1. The van der Waals surface area contributed by atoms with E-state index in [4.69, 9.17) is 17.3 Å². The Labute approximate surface area is 135 Å². The van der Waals surface area contributed by atoms with Crippen LogP contribution in [0.1, 0.15) is 42.4 Å². The van der Waals surface area contributed by atoms with Crippen LogP contribution in [-0.4, -0.2) is 15.7 Å². The molecule has 1 aromatic carbocycles. The van der Waals surface area contributed by atoms with E-state index in [2.05, 4.69) is 31.2 Å². The lowest BCUT2D eigenvalue weighted by Gasteiger charge is -2.18. The Morgan fingerprint density at radius 2 is 2.09 bits per heavy atom. The van der Waals surface area contributed by atoms with Crippen LogP contribution in [0, 0.1) is 0 Å². The summed E-state index contributed by atoms with van der Waals surface area (Å²) in [7, 11) is 1.91. The standard InChI is InChI=1S/C16H21ClN4O/c1-16(2,3)14-10(9-21(4)20-14)8-19-11-5-6-12(15(18)22)13(17)7-11/h5-7,9,19H,8H2,1-4H3,(H2,18,22). The van der Waals surface area contributed by atoms with E-state index < -0.39 is 5.91 Å². The van der Waals surface area contributed by atoms with E-state index in [1.807, 2.05) is 17.9 Å². The number of carbonyl (C=O) groups excluding carboxylic acids is 1. The van der Waals surface area contributed by atoms with Gasteiger partial charge in [-0.15, -0.1) is 0 Å². The van der Waals surface area contributed by atoms with Gasteiger partial charge in [0.1, 0.15) is 0 Å². The zero-order chi connectivity index (χ0) is 16.5. The number of benzene rings is 1. The molecule has 0 bridgehead atoms. The summed E-state index contributed by atoms with van der Waals surface area (Å²) in [4.78, 5) is 11.2. The van der Waals surface area contributed by atoms with Crippen LogP contribution < -0.4 is 11.1 Å². The predicted molar refractivity (Wildman–Crippen MR) is 89.2 cm³/mol. The van der Waals surface area contributed by atoms with E-state index in [0.29, 0.717) is 17.1 Å². The molecule has 0 unspecified atom stereocenters. The molecule has 1 heterocycles. The van der Waals surface area contributed by atoms with Gasteiger partial charge in [-0.3, -0.25) is 9.48 Å². The minimum absolute atomic E-state index is 0.0221. The molecule has 0 spiro atoms. The van der Waals surface area contributed by atoms with Crippen molar-refractivity contribution in [3.63, 3.8) is 0 Å². The summed E-state index contributed by atoms with van der Waals surface area (Å²) in [6.07, 6.45) is 2.01. The number of hydrogen-bond donors (Lipinski definition) is 2. The minimum atomic E-state index is -0.529. The number of nitrogens with one attached hydrogen (secondary N) is 1. The van der Waals surface area contributed by atoms with Crippen molar-refractivity contribution < 1.29 is 4.79 Å². The molecule has 1 amide bonds. The third kappa shape index (κ3) is 3.60. The fraction of sp³-hybridized carbons (Fsp3) is 0.375. The molecule has 0 fully saturated rings. The number of hydrogen-bond acceptors (Lipinski definition) is 3. The Kier molecular flexibility index (Phi) is 4.47. The summed E-state index contributed by atoms with van der Waals surface area (Å²) < 4.78 is 1.82. The van der Waals surface area contributed by atoms with E-state index in [-0.39, 0.29) is 5.41 Å². The molecule has 3 N–H and O–H groups in total. The molecule has 22 heavy (non-hydrogen) atoms. The van der Waals surface area contributed by atoms with E-state index in [1.54, 1.807) is 18.2 Å². The van der Waals surface area contributed by atoms with Crippen molar-refractivity contribution >= 4 is 23.2 Å². The first kappa shape index (κ1) is 16.4. The Morgan fingerprint density at radius 1 is 1.41 bits per heavy atom. The molecular weight excluding hydrogens is 300 g/mol. The Bertz CT molecular complexity index is 701. The van der Waals surface area contributed by atoms with Crippen LogP contribution in [0.2, 0.25) is 5.02 Å². The quantitative estimate of drug-likeness (QED) is 0.909. The molecule has 0 aliphatic rings. The van der Waals surface area contributed by atoms with Crippen molar-refractivity contribution in [3.8, 4) is 0 Å². The molecule has 0 saturated carbocycles. The minimum Gasteiger partial charge on any atom is -0.381 e. The van der Waals surface area contributed by atoms with Crippen LogP contribution in [0.15, 0.2) is 24.4 Å². The number of rotatable bonds is 4. The molecular formula is C16H21ClN4O. The number of amides is 1. The third-order valence-electron chi connectivity index (χ3n) is 3.33. The Morgan fingerprint density at radius 3 is 2.64 bits per heavy atom. The smallest absolute Gasteiger partial charge is 0.250 e. The third-order valence-corrected chi connectivity index (χ3v) is 3.65. The summed E-state index contributed by atoms with van der Waals surface area (Å²) in [5.41, 5.74) is 8.57. The van der Waals surface area contributed by atoms with E-state index in [1.165, 1.54) is 0 Å². The summed E-state index contributed by atoms with van der Waals surface area (Å²) in [5.74, 6) is -0.529. The lowest BCUT2D eigenvalue weighted by Crippen LogP contribution is -2.16. The first-order valence-electron chi connectivity index (χ1n) is 7.04. The second-order valence-electron chi connectivity index (χ2n) is 6.34. The average Bonchev–Trinajstić information content (AvgIpc) is 2.77. The van der Waals surface area contributed by atoms with Gasteiger partial charge in [0.05, 0.1) is 16.3 Å². The highest BCUT2D eigenvalue weighted by molar-refractivity contribution is 6.34. The van der Waals surface area contributed by atoms with Crippen LogP contribution in [0.5, 0.6) is 0 Å². The normalized spacial score (nSPS) is 11.5. The molecule has 0 radical (unpaired) electrons. The van der Waals surface area contributed by atoms with Crippen molar-refractivity contribution in [3.05, 3.63) is 46.2 Å². The van der Waals surface area contributed by atoms with Gasteiger partial charge < -0.3 is 11.1 Å². The monoisotopic (exact) mass is 320 g/mol. The molecule has 6 heteroatoms. The fourth-order valence-electron chi connectivity index (χ4n) is 2.32. The highest BCUT2D eigenvalue weighted by Gasteiger charge is 2.21. The van der Waals surface area contributed by atoms with Gasteiger partial charge in [0.2, 0.25) is 5.91 Å². The second-order valence-corrected chi connectivity index (χ2v) is 6.75. The first-order valence-corrected chi connectivity index (χ1v) is 7.42. The Balaban J connectivity index is 2.17. The summed E-state index contributed by atoms with van der Waals surface area (Å²) in [6, 6.07) is 5.12.